The van der Waals surface area contributed by atoms with E-state index in [1.54, 1.807) is 0 Å². The van der Waals surface area contributed by atoms with Crippen molar-refractivity contribution in [3.8, 4) is 0 Å². The van der Waals surface area contributed by atoms with E-state index in [-0.39, 0.29) is 39.9 Å². The van der Waals surface area contributed by atoms with E-state index in [0.717, 1.165) is 0 Å². The summed E-state index contributed by atoms with van der Waals surface area (Å²) in [6, 6.07) is 5.29. The summed E-state index contributed by atoms with van der Waals surface area (Å²) in [4.78, 5) is -0.147. The van der Waals surface area contributed by atoms with E-state index in [1.165, 1.54) is 24.3 Å². The molecule has 0 aliphatic carbocycles. The first-order chi connectivity index (χ1) is 5.00. The van der Waals surface area contributed by atoms with Gasteiger partial charge < -0.3 is 11.2 Å². The van der Waals surface area contributed by atoms with E-state index in [9.17, 15) is 8.42 Å². The average Bonchev–Trinajstić information content (AvgIpc) is 1.86. The summed E-state index contributed by atoms with van der Waals surface area (Å²) in [5.41, 5.74) is 5.75. The third-order valence-corrected chi connectivity index (χ3v) is 2.05. The number of rotatable bonds is 1. The van der Waals surface area contributed by atoms with Crippen molar-refractivity contribution in [2.75, 3.05) is 5.73 Å². The zero-order valence-corrected chi connectivity index (χ0v) is 9.88. The zero-order chi connectivity index (χ0) is 8.48. The number of anilines is 1. The minimum atomic E-state index is -4.08. The fraction of sp³-hybridized carbons (Fsp3) is 0. The van der Waals surface area contributed by atoms with E-state index in [1.807, 2.05) is 0 Å². The molecule has 0 saturated carbocycles. The largest absolute Gasteiger partial charge is 0.412 e. The predicted octanol–water partition coefficient (Wildman–Crippen LogP) is -0.690. The van der Waals surface area contributed by atoms with Crippen LogP contribution in [0.1, 0.15) is 0 Å². The van der Waals surface area contributed by atoms with Crippen LogP contribution in [-0.4, -0.2) is 48.0 Å². The Morgan fingerprint density at radius 3 is 1.85 bits per heavy atom. The summed E-state index contributed by atoms with van der Waals surface area (Å²) in [6.45, 7) is 0. The van der Waals surface area contributed by atoms with Crippen LogP contribution in [-0.2, 0) is 10.1 Å². The molecule has 0 heterocycles. The van der Waals surface area contributed by atoms with Gasteiger partial charge in [0.1, 0.15) is 0 Å². The molecule has 1 rings (SSSR count). The first kappa shape index (κ1) is 15.4. The molecule has 13 heavy (non-hydrogen) atoms. The number of hydrogen-bond acceptors (Lipinski definition) is 3. The molecular formula is C6H9NNaO4S. The van der Waals surface area contributed by atoms with Crippen LogP contribution in [0.3, 0.4) is 0 Å². The Morgan fingerprint density at radius 2 is 1.54 bits per heavy atom. The van der Waals surface area contributed by atoms with E-state index in [0.29, 0.717) is 5.69 Å². The van der Waals surface area contributed by atoms with Crippen LogP contribution >= 0.6 is 0 Å². The minimum absolute atomic E-state index is 0. The molecule has 0 aliphatic rings. The van der Waals surface area contributed by atoms with Gasteiger partial charge in [-0.2, -0.15) is 8.42 Å². The zero-order valence-electron chi connectivity index (χ0n) is 7.06. The molecule has 0 aromatic heterocycles. The van der Waals surface area contributed by atoms with Gasteiger partial charge in [-0.05, 0) is 24.3 Å². The quantitative estimate of drug-likeness (QED) is 0.366. The Kier molecular flexibility index (Phi) is 6.60. The monoisotopic (exact) mass is 214 g/mol. The molecule has 0 spiro atoms. The molecule has 5 nitrogen and oxygen atoms in total. The maximum absolute atomic E-state index is 10.5. The van der Waals surface area contributed by atoms with Crippen molar-refractivity contribution in [2.24, 2.45) is 0 Å². The van der Waals surface area contributed by atoms with E-state index >= 15 is 0 Å². The van der Waals surface area contributed by atoms with Gasteiger partial charge in [-0.3, -0.25) is 4.55 Å². The minimum Gasteiger partial charge on any atom is -0.412 e. The van der Waals surface area contributed by atoms with Gasteiger partial charge in [0, 0.05) is 35.2 Å². The molecule has 0 bridgehead atoms. The molecule has 1 aromatic carbocycles. The second-order valence-electron chi connectivity index (χ2n) is 2.04. The third-order valence-electron chi connectivity index (χ3n) is 1.18. The summed E-state index contributed by atoms with van der Waals surface area (Å²) >= 11 is 0. The predicted molar refractivity (Wildman–Crippen MR) is 50.0 cm³/mol. The number of benzene rings is 1. The topological polar surface area (TPSA) is 112 Å². The fourth-order valence-electron chi connectivity index (χ4n) is 0.640. The van der Waals surface area contributed by atoms with Crippen LogP contribution in [0.25, 0.3) is 0 Å². The van der Waals surface area contributed by atoms with Crippen LogP contribution in [0, 0.1) is 0 Å². The molecule has 0 saturated heterocycles. The van der Waals surface area contributed by atoms with Gasteiger partial charge in [-0.15, -0.1) is 0 Å². The first-order valence-electron chi connectivity index (χ1n) is 2.83. The summed E-state index contributed by atoms with van der Waals surface area (Å²) in [6.07, 6.45) is 0. The molecule has 0 unspecified atom stereocenters. The molecular weight excluding hydrogens is 205 g/mol. The van der Waals surface area contributed by atoms with Crippen molar-refractivity contribution in [1.29, 1.82) is 0 Å². The van der Waals surface area contributed by atoms with Gasteiger partial charge >= 0.3 is 0 Å². The fourth-order valence-corrected chi connectivity index (χ4v) is 1.12. The normalized spacial score (nSPS) is 9.62. The molecule has 0 atom stereocenters. The Bertz CT molecular complexity index is 347. The van der Waals surface area contributed by atoms with Gasteiger partial charge in [0.05, 0.1) is 4.90 Å². The number of nitrogens with two attached hydrogens (primary N) is 1. The number of nitrogen functional groups attached to an aromatic ring is 1. The second kappa shape index (κ2) is 5.58. The summed E-state index contributed by atoms with van der Waals surface area (Å²) < 4.78 is 29.4. The Hall–Kier alpha value is -0.110. The SMILES string of the molecule is Nc1ccc(S(=O)(=O)O)cc1.O.[Na]. The molecule has 1 aromatic rings. The summed E-state index contributed by atoms with van der Waals surface area (Å²) in [5.74, 6) is 0. The number of hydrogen-bond donors (Lipinski definition) is 2. The maximum Gasteiger partial charge on any atom is 0.294 e. The Morgan fingerprint density at radius 1 is 1.15 bits per heavy atom. The second-order valence-corrected chi connectivity index (χ2v) is 3.47. The molecule has 1 radical (unpaired) electrons. The first-order valence-corrected chi connectivity index (χ1v) is 4.27. The average molecular weight is 214 g/mol. The molecule has 69 valence electrons. The van der Waals surface area contributed by atoms with Crippen LogP contribution in [0.15, 0.2) is 29.2 Å². The van der Waals surface area contributed by atoms with Crippen LogP contribution in [0.5, 0.6) is 0 Å². The van der Waals surface area contributed by atoms with E-state index in [4.69, 9.17) is 10.3 Å². The molecule has 0 aliphatic heterocycles. The standard InChI is InChI=1S/C6H7NO3S.Na.H2O/c7-5-1-3-6(4-2-5)11(8,9)10;;/h1-4H,7H2,(H,8,9,10);;1H2. The van der Waals surface area contributed by atoms with Gasteiger partial charge in [0.2, 0.25) is 0 Å². The van der Waals surface area contributed by atoms with Crippen molar-refractivity contribution in [2.45, 2.75) is 4.90 Å². The van der Waals surface area contributed by atoms with Crippen LogP contribution in [0.4, 0.5) is 5.69 Å². The molecule has 5 N–H and O–H groups in total. The summed E-state index contributed by atoms with van der Waals surface area (Å²) in [5, 5.41) is 0. The Labute approximate surface area is 98.3 Å². The van der Waals surface area contributed by atoms with Gasteiger partial charge in [0.15, 0.2) is 0 Å². The van der Waals surface area contributed by atoms with Crippen LogP contribution in [0.2, 0.25) is 0 Å². The van der Waals surface area contributed by atoms with E-state index < -0.39 is 10.1 Å². The van der Waals surface area contributed by atoms with E-state index in [2.05, 4.69) is 0 Å². The van der Waals surface area contributed by atoms with Crippen LogP contribution < -0.4 is 5.73 Å². The van der Waals surface area contributed by atoms with Gasteiger partial charge in [-0.1, -0.05) is 0 Å². The van der Waals surface area contributed by atoms with Crippen molar-refractivity contribution in [3.63, 3.8) is 0 Å². The van der Waals surface area contributed by atoms with Crippen molar-refractivity contribution >= 4 is 45.4 Å². The Balaban J connectivity index is 0. The molecule has 7 heteroatoms. The smallest absolute Gasteiger partial charge is 0.294 e. The van der Waals surface area contributed by atoms with Crippen molar-refractivity contribution < 1.29 is 18.4 Å². The maximum atomic E-state index is 10.5. The summed E-state index contributed by atoms with van der Waals surface area (Å²) in [7, 11) is -4.08. The van der Waals surface area contributed by atoms with Gasteiger partial charge in [0.25, 0.3) is 10.1 Å². The van der Waals surface area contributed by atoms with Crippen molar-refractivity contribution in [3.05, 3.63) is 24.3 Å². The third kappa shape index (κ3) is 4.61. The van der Waals surface area contributed by atoms with Crippen molar-refractivity contribution in [1.82, 2.24) is 0 Å². The molecule has 0 amide bonds. The molecule has 0 fully saturated rings. The van der Waals surface area contributed by atoms with Gasteiger partial charge in [-0.25, -0.2) is 0 Å².